The molecule has 4 heteroatoms. The van der Waals surface area contributed by atoms with Crippen LogP contribution < -0.4 is 5.32 Å². The van der Waals surface area contributed by atoms with Gasteiger partial charge in [0.15, 0.2) is 0 Å². The summed E-state index contributed by atoms with van der Waals surface area (Å²) >= 11 is 9.09. The summed E-state index contributed by atoms with van der Waals surface area (Å²) in [5.41, 5.74) is 1.60. The molecule has 0 aliphatic heterocycles. The second-order valence-electron chi connectivity index (χ2n) is 5.39. The second-order valence-corrected chi connectivity index (χ2v) is 8.65. The van der Waals surface area contributed by atoms with Crippen molar-refractivity contribution >= 4 is 43.2 Å². The average Bonchev–Trinajstić information content (AvgIpc) is 2.71. The monoisotopic (exact) mass is 419 g/mol. The topological polar surface area (TPSA) is 12.0 Å². The molecular formula is C16H23Br2NS. The van der Waals surface area contributed by atoms with E-state index in [-0.39, 0.29) is 0 Å². The van der Waals surface area contributed by atoms with E-state index in [1.54, 1.807) is 5.57 Å². The third-order valence-electron chi connectivity index (χ3n) is 3.74. The normalized spacial score (nSPS) is 18.2. The molecule has 0 fully saturated rings. The van der Waals surface area contributed by atoms with Gasteiger partial charge < -0.3 is 5.32 Å². The Morgan fingerprint density at radius 3 is 2.75 bits per heavy atom. The van der Waals surface area contributed by atoms with Crippen LogP contribution in [0.15, 0.2) is 26.0 Å². The number of thiophene rings is 1. The number of rotatable bonds is 5. The highest BCUT2D eigenvalue weighted by Crippen LogP contribution is 2.39. The molecule has 1 N–H and O–H groups in total. The molecule has 0 radical (unpaired) electrons. The maximum atomic E-state index is 3.74. The van der Waals surface area contributed by atoms with Gasteiger partial charge in [-0.25, -0.2) is 0 Å². The molecule has 0 saturated carbocycles. The van der Waals surface area contributed by atoms with Crippen molar-refractivity contribution in [2.24, 2.45) is 0 Å². The first kappa shape index (κ1) is 16.7. The smallest absolute Gasteiger partial charge is 0.0843 e. The summed E-state index contributed by atoms with van der Waals surface area (Å²) in [6.07, 6.45) is 11.6. The van der Waals surface area contributed by atoms with Crippen molar-refractivity contribution in [3.8, 4) is 0 Å². The highest BCUT2D eigenvalue weighted by Gasteiger charge is 2.19. The number of hydrogen-bond donors (Lipinski definition) is 1. The zero-order valence-corrected chi connectivity index (χ0v) is 16.0. The lowest BCUT2D eigenvalue weighted by atomic mass is 9.94. The van der Waals surface area contributed by atoms with Gasteiger partial charge in [0.25, 0.3) is 0 Å². The van der Waals surface area contributed by atoms with Crippen LogP contribution in [-0.4, -0.2) is 6.54 Å². The fourth-order valence-electron chi connectivity index (χ4n) is 2.69. The Morgan fingerprint density at radius 2 is 2.05 bits per heavy atom. The van der Waals surface area contributed by atoms with Crippen LogP contribution >= 0.6 is 43.2 Å². The molecule has 1 aromatic rings. The summed E-state index contributed by atoms with van der Waals surface area (Å²) < 4.78 is 2.37. The molecule has 1 aliphatic rings. The fraction of sp³-hybridized carbons (Fsp3) is 0.625. The molecule has 112 valence electrons. The SMILES string of the molecule is CCCNC(C1=CCCCCCC1)c1cc(Br)c(Br)s1. The number of halogens is 2. The molecule has 1 nitrogen and oxygen atoms in total. The van der Waals surface area contributed by atoms with E-state index in [1.165, 1.54) is 58.1 Å². The van der Waals surface area contributed by atoms with E-state index >= 15 is 0 Å². The molecular weight excluding hydrogens is 398 g/mol. The lowest BCUT2D eigenvalue weighted by Crippen LogP contribution is -2.23. The van der Waals surface area contributed by atoms with Crippen molar-refractivity contribution in [1.82, 2.24) is 5.32 Å². The van der Waals surface area contributed by atoms with Gasteiger partial charge in [-0.15, -0.1) is 11.3 Å². The van der Waals surface area contributed by atoms with E-state index in [9.17, 15) is 0 Å². The summed E-state index contributed by atoms with van der Waals surface area (Å²) in [5, 5.41) is 3.74. The Balaban J connectivity index is 2.20. The van der Waals surface area contributed by atoms with Crippen LogP contribution in [0.4, 0.5) is 0 Å². The van der Waals surface area contributed by atoms with Crippen molar-refractivity contribution in [3.63, 3.8) is 0 Å². The third-order valence-corrected chi connectivity index (χ3v) is 7.07. The summed E-state index contributed by atoms with van der Waals surface area (Å²) in [6, 6.07) is 2.67. The van der Waals surface area contributed by atoms with Gasteiger partial charge in [0, 0.05) is 9.35 Å². The van der Waals surface area contributed by atoms with Gasteiger partial charge in [-0.2, -0.15) is 0 Å². The molecule has 0 amide bonds. The number of hydrogen-bond acceptors (Lipinski definition) is 2. The lowest BCUT2D eigenvalue weighted by molar-refractivity contribution is 0.545. The first-order valence-electron chi connectivity index (χ1n) is 7.59. The maximum absolute atomic E-state index is 3.74. The Hall–Kier alpha value is 0.360. The molecule has 1 heterocycles. The molecule has 0 bridgehead atoms. The van der Waals surface area contributed by atoms with Gasteiger partial charge in [-0.05, 0) is 76.6 Å². The summed E-state index contributed by atoms with van der Waals surface area (Å²) in [5.74, 6) is 0. The van der Waals surface area contributed by atoms with Crippen LogP contribution in [0.1, 0.15) is 62.8 Å². The van der Waals surface area contributed by atoms with Crippen LogP contribution in [0.5, 0.6) is 0 Å². The van der Waals surface area contributed by atoms with Crippen LogP contribution in [-0.2, 0) is 0 Å². The zero-order valence-electron chi connectivity index (χ0n) is 12.1. The van der Waals surface area contributed by atoms with Crippen molar-refractivity contribution in [3.05, 3.63) is 30.9 Å². The summed E-state index contributed by atoms with van der Waals surface area (Å²) in [6.45, 7) is 3.31. The predicted octanol–water partition coefficient (Wildman–Crippen LogP) is 6.59. The lowest BCUT2D eigenvalue weighted by Gasteiger charge is -2.22. The molecule has 20 heavy (non-hydrogen) atoms. The summed E-state index contributed by atoms with van der Waals surface area (Å²) in [4.78, 5) is 1.42. The first-order valence-corrected chi connectivity index (χ1v) is 9.99. The Bertz CT molecular complexity index is 434. The first-order chi connectivity index (χ1) is 9.72. The Kier molecular flexibility index (Phi) is 7.29. The van der Waals surface area contributed by atoms with Gasteiger partial charge in [-0.3, -0.25) is 0 Å². The molecule has 0 saturated heterocycles. The third kappa shape index (κ3) is 4.69. The van der Waals surface area contributed by atoms with Crippen LogP contribution in [0, 0.1) is 0 Å². The van der Waals surface area contributed by atoms with Gasteiger partial charge in [-0.1, -0.05) is 31.4 Å². The van der Waals surface area contributed by atoms with Crippen molar-refractivity contribution < 1.29 is 0 Å². The molecule has 1 atom stereocenters. The highest BCUT2D eigenvalue weighted by atomic mass is 79.9. The average molecular weight is 421 g/mol. The quantitative estimate of drug-likeness (QED) is 0.529. The number of nitrogens with one attached hydrogen (secondary N) is 1. The van der Waals surface area contributed by atoms with E-state index < -0.39 is 0 Å². The molecule has 1 unspecified atom stereocenters. The predicted molar refractivity (Wildman–Crippen MR) is 96.5 cm³/mol. The van der Waals surface area contributed by atoms with Crippen LogP contribution in [0.25, 0.3) is 0 Å². The minimum atomic E-state index is 0.403. The van der Waals surface area contributed by atoms with Crippen molar-refractivity contribution in [2.75, 3.05) is 6.54 Å². The van der Waals surface area contributed by atoms with E-state index in [2.05, 4.69) is 56.2 Å². The standard InChI is InChI=1S/C16H23Br2NS/c1-2-10-19-15(14-11-13(17)16(18)20-14)12-8-6-4-3-5-7-9-12/h8,11,15,19H,2-7,9-10H2,1H3. The molecule has 0 spiro atoms. The van der Waals surface area contributed by atoms with Crippen LogP contribution in [0.2, 0.25) is 0 Å². The maximum Gasteiger partial charge on any atom is 0.0843 e. The van der Waals surface area contributed by atoms with E-state index in [0.717, 1.165) is 6.54 Å². The number of allylic oxidation sites excluding steroid dienone is 1. The van der Waals surface area contributed by atoms with E-state index in [0.29, 0.717) is 6.04 Å². The zero-order chi connectivity index (χ0) is 14.4. The van der Waals surface area contributed by atoms with Gasteiger partial charge in [0.1, 0.15) is 0 Å². The van der Waals surface area contributed by atoms with Crippen molar-refractivity contribution in [2.45, 2.75) is 57.9 Å². The molecule has 1 aliphatic carbocycles. The molecule has 0 aromatic carbocycles. The Morgan fingerprint density at radius 1 is 1.25 bits per heavy atom. The van der Waals surface area contributed by atoms with E-state index in [4.69, 9.17) is 0 Å². The van der Waals surface area contributed by atoms with Crippen molar-refractivity contribution in [1.29, 1.82) is 0 Å². The van der Waals surface area contributed by atoms with Gasteiger partial charge >= 0.3 is 0 Å². The summed E-state index contributed by atoms with van der Waals surface area (Å²) in [7, 11) is 0. The van der Waals surface area contributed by atoms with Gasteiger partial charge in [0.05, 0.1) is 9.83 Å². The highest BCUT2D eigenvalue weighted by molar-refractivity contribution is 9.13. The minimum Gasteiger partial charge on any atom is -0.306 e. The Labute approximate surface area is 143 Å². The second kappa shape index (κ2) is 8.72. The molecule has 2 rings (SSSR count). The van der Waals surface area contributed by atoms with E-state index in [1.807, 2.05) is 11.3 Å². The van der Waals surface area contributed by atoms with Gasteiger partial charge in [0.2, 0.25) is 0 Å². The van der Waals surface area contributed by atoms with Crippen LogP contribution in [0.3, 0.4) is 0 Å². The minimum absolute atomic E-state index is 0.403. The molecule has 1 aromatic heterocycles. The fourth-order valence-corrected chi connectivity index (χ4v) is 4.90. The largest absolute Gasteiger partial charge is 0.306 e.